The SMILES string of the molecule is O=C(CC1(O)CCCCC1)Nc1ccccc1-c1ccccc1. The Hall–Kier alpha value is -2.13. The first-order valence-corrected chi connectivity index (χ1v) is 8.33. The van der Waals surface area contributed by atoms with Crippen molar-refractivity contribution >= 4 is 11.6 Å². The number of para-hydroxylation sites is 1. The van der Waals surface area contributed by atoms with E-state index in [0.29, 0.717) is 0 Å². The van der Waals surface area contributed by atoms with Gasteiger partial charge in [-0.05, 0) is 24.5 Å². The average molecular weight is 309 g/mol. The Morgan fingerprint density at radius 2 is 1.61 bits per heavy atom. The smallest absolute Gasteiger partial charge is 0.227 e. The van der Waals surface area contributed by atoms with Crippen LogP contribution < -0.4 is 5.32 Å². The highest BCUT2D eigenvalue weighted by atomic mass is 16.3. The number of anilines is 1. The summed E-state index contributed by atoms with van der Waals surface area (Å²) in [7, 11) is 0. The standard InChI is InChI=1S/C20H23NO2/c22-19(15-20(23)13-7-2-8-14-20)21-18-12-6-5-11-17(18)16-9-3-1-4-10-16/h1,3-6,9-12,23H,2,7-8,13-15H2,(H,21,22). The Bertz CT molecular complexity index is 660. The van der Waals surface area contributed by atoms with Gasteiger partial charge >= 0.3 is 0 Å². The summed E-state index contributed by atoms with van der Waals surface area (Å²) in [6, 6.07) is 17.8. The maximum absolute atomic E-state index is 12.4. The van der Waals surface area contributed by atoms with E-state index in [0.717, 1.165) is 48.9 Å². The lowest BCUT2D eigenvalue weighted by Crippen LogP contribution is -2.35. The van der Waals surface area contributed by atoms with Crippen molar-refractivity contribution in [1.29, 1.82) is 0 Å². The zero-order chi connectivity index (χ0) is 16.1. The van der Waals surface area contributed by atoms with Crippen molar-refractivity contribution in [1.82, 2.24) is 0 Å². The van der Waals surface area contributed by atoms with E-state index in [1.807, 2.05) is 54.6 Å². The van der Waals surface area contributed by atoms with Crippen LogP contribution in [0.3, 0.4) is 0 Å². The van der Waals surface area contributed by atoms with Gasteiger partial charge in [0.25, 0.3) is 0 Å². The molecule has 1 aliphatic carbocycles. The van der Waals surface area contributed by atoms with Gasteiger partial charge in [-0.3, -0.25) is 4.79 Å². The Balaban J connectivity index is 1.74. The van der Waals surface area contributed by atoms with E-state index >= 15 is 0 Å². The lowest BCUT2D eigenvalue weighted by atomic mass is 9.82. The number of benzene rings is 2. The number of amides is 1. The van der Waals surface area contributed by atoms with Crippen LogP contribution in [0.2, 0.25) is 0 Å². The quantitative estimate of drug-likeness (QED) is 0.880. The highest BCUT2D eigenvalue weighted by molar-refractivity contribution is 5.95. The molecule has 1 aliphatic rings. The Labute approximate surface area is 137 Å². The van der Waals surface area contributed by atoms with Crippen molar-refractivity contribution in [3.05, 3.63) is 54.6 Å². The lowest BCUT2D eigenvalue weighted by Gasteiger charge is -2.31. The van der Waals surface area contributed by atoms with E-state index in [4.69, 9.17) is 0 Å². The fourth-order valence-electron chi connectivity index (χ4n) is 3.34. The van der Waals surface area contributed by atoms with E-state index in [1.54, 1.807) is 0 Å². The zero-order valence-corrected chi connectivity index (χ0v) is 13.3. The normalized spacial score (nSPS) is 16.7. The molecule has 3 rings (SSSR count). The van der Waals surface area contributed by atoms with Crippen LogP contribution in [0.5, 0.6) is 0 Å². The van der Waals surface area contributed by atoms with Crippen LogP contribution in [0.15, 0.2) is 54.6 Å². The van der Waals surface area contributed by atoms with Gasteiger partial charge in [0.05, 0.1) is 12.0 Å². The van der Waals surface area contributed by atoms with Crippen LogP contribution in [0.1, 0.15) is 38.5 Å². The van der Waals surface area contributed by atoms with Gasteiger partial charge < -0.3 is 10.4 Å². The first kappa shape index (κ1) is 15.8. The van der Waals surface area contributed by atoms with Crippen molar-refractivity contribution in [3.63, 3.8) is 0 Å². The second-order valence-corrected chi connectivity index (χ2v) is 6.42. The predicted octanol–water partition coefficient (Wildman–Crippen LogP) is 4.38. The van der Waals surface area contributed by atoms with E-state index in [9.17, 15) is 9.90 Å². The third-order valence-corrected chi connectivity index (χ3v) is 4.56. The van der Waals surface area contributed by atoms with E-state index in [2.05, 4.69) is 5.32 Å². The predicted molar refractivity (Wildman–Crippen MR) is 93.2 cm³/mol. The molecule has 0 unspecified atom stereocenters. The molecule has 0 spiro atoms. The number of rotatable bonds is 4. The summed E-state index contributed by atoms with van der Waals surface area (Å²) >= 11 is 0. The van der Waals surface area contributed by atoms with Crippen molar-refractivity contribution in [2.75, 3.05) is 5.32 Å². The summed E-state index contributed by atoms with van der Waals surface area (Å²) in [6.45, 7) is 0. The monoisotopic (exact) mass is 309 g/mol. The molecule has 120 valence electrons. The molecule has 3 heteroatoms. The Kier molecular flexibility index (Phi) is 4.77. The van der Waals surface area contributed by atoms with Gasteiger partial charge in [0.15, 0.2) is 0 Å². The fraction of sp³-hybridized carbons (Fsp3) is 0.350. The number of aliphatic hydroxyl groups is 1. The summed E-state index contributed by atoms with van der Waals surface area (Å²) in [5, 5.41) is 13.5. The summed E-state index contributed by atoms with van der Waals surface area (Å²) in [5.74, 6) is -0.113. The van der Waals surface area contributed by atoms with Gasteiger partial charge in [-0.15, -0.1) is 0 Å². The number of carbonyl (C=O) groups is 1. The van der Waals surface area contributed by atoms with Crippen LogP contribution in [0, 0.1) is 0 Å². The largest absolute Gasteiger partial charge is 0.389 e. The number of hydrogen-bond acceptors (Lipinski definition) is 2. The molecule has 0 aromatic heterocycles. The van der Waals surface area contributed by atoms with Crippen molar-refractivity contribution in [2.45, 2.75) is 44.1 Å². The minimum absolute atomic E-state index is 0.113. The van der Waals surface area contributed by atoms with Gasteiger partial charge in [0.1, 0.15) is 0 Å². The highest BCUT2D eigenvalue weighted by Gasteiger charge is 2.31. The molecular weight excluding hydrogens is 286 g/mol. The number of hydrogen-bond donors (Lipinski definition) is 2. The minimum atomic E-state index is -0.829. The van der Waals surface area contributed by atoms with Crippen LogP contribution >= 0.6 is 0 Å². The second kappa shape index (κ2) is 6.97. The molecular formula is C20H23NO2. The molecule has 23 heavy (non-hydrogen) atoms. The molecule has 3 nitrogen and oxygen atoms in total. The molecule has 1 fully saturated rings. The summed E-state index contributed by atoms with van der Waals surface area (Å²) in [4.78, 5) is 12.4. The maximum atomic E-state index is 12.4. The van der Waals surface area contributed by atoms with Crippen molar-refractivity contribution < 1.29 is 9.90 Å². The fourth-order valence-corrected chi connectivity index (χ4v) is 3.34. The van der Waals surface area contributed by atoms with E-state index in [-0.39, 0.29) is 12.3 Å². The first-order valence-electron chi connectivity index (χ1n) is 8.33. The minimum Gasteiger partial charge on any atom is -0.389 e. The van der Waals surface area contributed by atoms with Crippen LogP contribution in [0.4, 0.5) is 5.69 Å². The average Bonchev–Trinajstić information content (AvgIpc) is 2.56. The number of carbonyl (C=O) groups excluding carboxylic acids is 1. The van der Waals surface area contributed by atoms with Crippen LogP contribution in [-0.4, -0.2) is 16.6 Å². The van der Waals surface area contributed by atoms with E-state index < -0.39 is 5.60 Å². The lowest BCUT2D eigenvalue weighted by molar-refractivity contribution is -0.122. The molecule has 1 amide bonds. The Morgan fingerprint density at radius 3 is 2.35 bits per heavy atom. The first-order chi connectivity index (χ1) is 11.2. The van der Waals surface area contributed by atoms with Gasteiger partial charge in [0.2, 0.25) is 5.91 Å². The Morgan fingerprint density at radius 1 is 0.957 bits per heavy atom. The van der Waals surface area contributed by atoms with Crippen molar-refractivity contribution in [2.24, 2.45) is 0 Å². The molecule has 0 bridgehead atoms. The highest BCUT2D eigenvalue weighted by Crippen LogP contribution is 2.32. The van der Waals surface area contributed by atoms with Gasteiger partial charge in [-0.25, -0.2) is 0 Å². The van der Waals surface area contributed by atoms with E-state index in [1.165, 1.54) is 0 Å². The molecule has 0 radical (unpaired) electrons. The van der Waals surface area contributed by atoms with Gasteiger partial charge in [-0.2, -0.15) is 0 Å². The molecule has 2 aromatic rings. The molecule has 0 aliphatic heterocycles. The van der Waals surface area contributed by atoms with Gasteiger partial charge in [0, 0.05) is 11.3 Å². The molecule has 2 aromatic carbocycles. The second-order valence-electron chi connectivity index (χ2n) is 6.42. The molecule has 0 saturated heterocycles. The topological polar surface area (TPSA) is 49.3 Å². The summed E-state index contributed by atoms with van der Waals surface area (Å²) < 4.78 is 0. The van der Waals surface area contributed by atoms with Crippen LogP contribution in [-0.2, 0) is 4.79 Å². The summed E-state index contributed by atoms with van der Waals surface area (Å²) in [5.41, 5.74) is 2.03. The summed E-state index contributed by atoms with van der Waals surface area (Å²) in [6.07, 6.45) is 4.78. The number of nitrogens with one attached hydrogen (secondary N) is 1. The third-order valence-electron chi connectivity index (χ3n) is 4.56. The zero-order valence-electron chi connectivity index (χ0n) is 13.3. The van der Waals surface area contributed by atoms with Crippen molar-refractivity contribution in [3.8, 4) is 11.1 Å². The molecule has 2 N–H and O–H groups in total. The maximum Gasteiger partial charge on any atom is 0.227 e. The van der Waals surface area contributed by atoms with Gasteiger partial charge in [-0.1, -0.05) is 67.8 Å². The molecule has 0 atom stereocenters. The molecule has 0 heterocycles. The molecule has 1 saturated carbocycles. The third kappa shape index (κ3) is 3.99. The van der Waals surface area contributed by atoms with Crippen LogP contribution in [0.25, 0.3) is 11.1 Å².